The Labute approximate surface area is 210 Å². The molecule has 186 valence electrons. The molecule has 0 aromatic heterocycles. The zero-order chi connectivity index (χ0) is 25.7. The van der Waals surface area contributed by atoms with Crippen LogP contribution in [-0.2, 0) is 22.4 Å². The Balaban J connectivity index is 1.60. The number of thioether (sulfide) groups is 1. The summed E-state index contributed by atoms with van der Waals surface area (Å²) in [5.74, 6) is 0.448. The van der Waals surface area contributed by atoms with E-state index in [2.05, 4.69) is 0 Å². The summed E-state index contributed by atoms with van der Waals surface area (Å²) < 4.78 is 45.4. The quantitative estimate of drug-likeness (QED) is 0.456. The van der Waals surface area contributed by atoms with Gasteiger partial charge in [0.05, 0.1) is 24.9 Å². The van der Waals surface area contributed by atoms with Gasteiger partial charge in [-0.05, 0) is 54.4 Å². The van der Waals surface area contributed by atoms with Gasteiger partial charge in [-0.2, -0.15) is 13.2 Å². The van der Waals surface area contributed by atoms with Gasteiger partial charge < -0.3 is 14.5 Å². The fraction of sp³-hybridized carbons (Fsp3) is 0.259. The SMILES string of the molecule is COc1ccc2c(c1)C1(SCCN1C(=O)c1ccccc1C)C(=O)N2Cc1cccc(C(F)(F)F)c1. The van der Waals surface area contributed by atoms with Crippen LogP contribution in [0.15, 0.2) is 66.7 Å². The first-order valence-corrected chi connectivity index (χ1v) is 12.3. The number of halogens is 3. The van der Waals surface area contributed by atoms with E-state index in [-0.39, 0.29) is 18.4 Å². The largest absolute Gasteiger partial charge is 0.497 e. The molecule has 2 aliphatic heterocycles. The first-order chi connectivity index (χ1) is 17.2. The second-order valence-corrected chi connectivity index (χ2v) is 10.0. The predicted molar refractivity (Wildman–Crippen MR) is 132 cm³/mol. The van der Waals surface area contributed by atoms with E-state index < -0.39 is 16.6 Å². The summed E-state index contributed by atoms with van der Waals surface area (Å²) in [5.41, 5.74) is 2.03. The number of rotatable bonds is 4. The minimum absolute atomic E-state index is 0.0587. The summed E-state index contributed by atoms with van der Waals surface area (Å²) in [4.78, 5) is 29.6. The third kappa shape index (κ3) is 3.82. The number of amides is 2. The van der Waals surface area contributed by atoms with E-state index in [1.807, 2.05) is 19.1 Å². The standard InChI is InChI=1S/C27H23F3N2O3S/c1-17-6-3-4-9-21(17)24(33)32-12-13-36-26(32)22-15-20(35-2)10-11-23(22)31(25(26)34)16-18-7-5-8-19(14-18)27(28,29)30/h3-11,14-15H,12-13,16H2,1-2H3. The lowest BCUT2D eigenvalue weighted by Crippen LogP contribution is -2.50. The molecule has 0 aliphatic carbocycles. The van der Waals surface area contributed by atoms with Gasteiger partial charge in [0.15, 0.2) is 4.87 Å². The van der Waals surface area contributed by atoms with E-state index in [1.165, 1.54) is 29.8 Å². The lowest BCUT2D eigenvalue weighted by atomic mass is 10.0. The first-order valence-electron chi connectivity index (χ1n) is 11.3. The Kier molecular flexibility index (Phi) is 5.98. The van der Waals surface area contributed by atoms with Crippen LogP contribution in [0.5, 0.6) is 5.75 Å². The van der Waals surface area contributed by atoms with Gasteiger partial charge in [-0.15, -0.1) is 11.8 Å². The molecule has 1 spiro atoms. The van der Waals surface area contributed by atoms with Crippen molar-refractivity contribution in [2.24, 2.45) is 0 Å². The highest BCUT2D eigenvalue weighted by atomic mass is 32.2. The van der Waals surface area contributed by atoms with Gasteiger partial charge in [0, 0.05) is 23.4 Å². The maximum Gasteiger partial charge on any atom is 0.416 e. The molecule has 2 aliphatic rings. The van der Waals surface area contributed by atoms with Crippen molar-refractivity contribution in [3.8, 4) is 5.75 Å². The molecule has 5 nitrogen and oxygen atoms in total. The smallest absolute Gasteiger partial charge is 0.416 e. The predicted octanol–water partition coefficient (Wildman–Crippen LogP) is 5.61. The van der Waals surface area contributed by atoms with Gasteiger partial charge in [-0.25, -0.2) is 0 Å². The molecule has 9 heteroatoms. The lowest BCUT2D eigenvalue weighted by Gasteiger charge is -2.33. The van der Waals surface area contributed by atoms with E-state index in [0.717, 1.165) is 17.7 Å². The van der Waals surface area contributed by atoms with Crippen LogP contribution in [-0.4, -0.2) is 36.1 Å². The fourth-order valence-electron chi connectivity index (χ4n) is 4.87. The zero-order valence-corrected chi connectivity index (χ0v) is 20.4. The number of fused-ring (bicyclic) bond motifs is 2. The number of anilines is 1. The summed E-state index contributed by atoms with van der Waals surface area (Å²) in [6, 6.07) is 17.3. The zero-order valence-electron chi connectivity index (χ0n) is 19.6. The van der Waals surface area contributed by atoms with Gasteiger partial charge in [0.25, 0.3) is 11.8 Å². The maximum atomic E-state index is 14.2. The molecule has 1 saturated heterocycles. The number of benzene rings is 3. The first kappa shape index (κ1) is 24.2. The Morgan fingerprint density at radius 3 is 2.58 bits per heavy atom. The number of ether oxygens (including phenoxy) is 1. The van der Waals surface area contributed by atoms with Crippen molar-refractivity contribution < 1.29 is 27.5 Å². The lowest BCUT2D eigenvalue weighted by molar-refractivity contribution is -0.137. The van der Waals surface area contributed by atoms with Crippen molar-refractivity contribution >= 4 is 29.3 Å². The third-order valence-electron chi connectivity index (χ3n) is 6.62. The average molecular weight is 513 g/mol. The van der Waals surface area contributed by atoms with E-state index in [0.29, 0.717) is 40.4 Å². The average Bonchev–Trinajstić information content (AvgIpc) is 3.40. The molecule has 3 aromatic carbocycles. The van der Waals surface area contributed by atoms with E-state index in [4.69, 9.17) is 4.74 Å². The highest BCUT2D eigenvalue weighted by Crippen LogP contribution is 2.55. The van der Waals surface area contributed by atoms with Crippen LogP contribution >= 0.6 is 11.8 Å². The number of carbonyl (C=O) groups excluding carboxylic acids is 2. The molecular formula is C27H23F3N2O3S. The summed E-state index contributed by atoms with van der Waals surface area (Å²) in [6.07, 6.45) is -4.49. The maximum absolute atomic E-state index is 14.2. The van der Waals surface area contributed by atoms with Crippen LogP contribution in [0.2, 0.25) is 0 Å². The fourth-order valence-corrected chi connectivity index (χ4v) is 6.32. The molecule has 0 bridgehead atoms. The number of carbonyl (C=O) groups is 2. The molecule has 1 fully saturated rings. The summed E-state index contributed by atoms with van der Waals surface area (Å²) in [6.45, 7) is 2.14. The van der Waals surface area contributed by atoms with Gasteiger partial charge in [0.2, 0.25) is 0 Å². The highest BCUT2D eigenvalue weighted by molar-refractivity contribution is 8.01. The number of aryl methyl sites for hydroxylation is 1. The van der Waals surface area contributed by atoms with Crippen molar-refractivity contribution in [1.82, 2.24) is 4.90 Å². The van der Waals surface area contributed by atoms with Crippen molar-refractivity contribution in [3.05, 3.63) is 94.5 Å². The highest BCUT2D eigenvalue weighted by Gasteiger charge is 2.59. The molecule has 1 atom stereocenters. The van der Waals surface area contributed by atoms with Crippen molar-refractivity contribution in [2.75, 3.05) is 24.3 Å². The number of alkyl halides is 3. The molecule has 5 rings (SSSR count). The van der Waals surface area contributed by atoms with Crippen LogP contribution in [0.4, 0.5) is 18.9 Å². The summed E-state index contributed by atoms with van der Waals surface area (Å²) in [7, 11) is 1.52. The molecule has 36 heavy (non-hydrogen) atoms. The van der Waals surface area contributed by atoms with Crippen molar-refractivity contribution in [3.63, 3.8) is 0 Å². The van der Waals surface area contributed by atoms with Crippen molar-refractivity contribution in [2.45, 2.75) is 24.5 Å². The van der Waals surface area contributed by atoms with Crippen LogP contribution in [0.3, 0.4) is 0 Å². The van der Waals surface area contributed by atoms with E-state index >= 15 is 0 Å². The topological polar surface area (TPSA) is 49.9 Å². The molecule has 2 heterocycles. The third-order valence-corrected chi connectivity index (χ3v) is 8.04. The van der Waals surface area contributed by atoms with Crippen LogP contribution in [0.25, 0.3) is 0 Å². The molecule has 1 unspecified atom stereocenters. The summed E-state index contributed by atoms with van der Waals surface area (Å²) in [5, 5.41) is 0. The minimum Gasteiger partial charge on any atom is -0.497 e. The van der Waals surface area contributed by atoms with Crippen LogP contribution in [0.1, 0.15) is 32.6 Å². The molecule has 3 aromatic rings. The van der Waals surface area contributed by atoms with Gasteiger partial charge in [0.1, 0.15) is 5.75 Å². The number of hydrogen-bond acceptors (Lipinski definition) is 4. The van der Waals surface area contributed by atoms with Gasteiger partial charge >= 0.3 is 6.18 Å². The Morgan fingerprint density at radius 1 is 1.08 bits per heavy atom. The molecule has 0 saturated carbocycles. The molecule has 0 radical (unpaired) electrons. The Morgan fingerprint density at radius 2 is 1.86 bits per heavy atom. The van der Waals surface area contributed by atoms with Gasteiger partial charge in [-0.1, -0.05) is 30.3 Å². The van der Waals surface area contributed by atoms with Gasteiger partial charge in [-0.3, -0.25) is 9.59 Å². The normalized spacial score (nSPS) is 19.2. The molecular weight excluding hydrogens is 489 g/mol. The second-order valence-electron chi connectivity index (χ2n) is 8.74. The number of hydrogen-bond donors (Lipinski definition) is 0. The minimum atomic E-state index is -4.49. The Bertz CT molecular complexity index is 1360. The molecule has 0 N–H and O–H groups in total. The van der Waals surface area contributed by atoms with Crippen LogP contribution in [0, 0.1) is 6.92 Å². The van der Waals surface area contributed by atoms with E-state index in [1.54, 1.807) is 41.3 Å². The van der Waals surface area contributed by atoms with Crippen molar-refractivity contribution in [1.29, 1.82) is 0 Å². The Hall–Kier alpha value is -3.46. The molecule has 2 amide bonds. The van der Waals surface area contributed by atoms with Crippen LogP contribution < -0.4 is 9.64 Å². The second kappa shape index (κ2) is 8.89. The number of methoxy groups -OCH3 is 1. The number of nitrogens with zero attached hydrogens (tertiary/aromatic N) is 2. The monoisotopic (exact) mass is 512 g/mol. The van der Waals surface area contributed by atoms with E-state index in [9.17, 15) is 22.8 Å². The summed E-state index contributed by atoms with van der Waals surface area (Å²) >= 11 is 1.36.